The molecule has 0 saturated heterocycles. The molecule has 3 aromatic heterocycles. The van der Waals surface area contributed by atoms with Gasteiger partial charge in [0.15, 0.2) is 0 Å². The van der Waals surface area contributed by atoms with Gasteiger partial charge in [-0.3, -0.25) is 0 Å². The summed E-state index contributed by atoms with van der Waals surface area (Å²) in [7, 11) is 0. The van der Waals surface area contributed by atoms with Gasteiger partial charge in [0.25, 0.3) is 0 Å². The zero-order valence-corrected chi connectivity index (χ0v) is 46.1. The quantitative estimate of drug-likeness (QED) is 0.159. The Morgan fingerprint density at radius 3 is 1.39 bits per heavy atom. The molecule has 4 nitrogen and oxygen atoms in total. The normalized spacial score (nSPS) is 13.8. The first-order chi connectivity index (χ1) is 40.2. The number of aromatic nitrogens is 2. The molecule has 0 atom stereocenters. The first kappa shape index (κ1) is 46.7. The molecule has 388 valence electrons. The number of rotatable bonds is 7. The van der Waals surface area contributed by atoms with Crippen LogP contribution in [-0.4, -0.2) is 9.13 Å². The average molecular weight is 1050 g/mol. The highest BCUT2D eigenvalue weighted by Crippen LogP contribution is 2.55. The Labute approximate surface area is 476 Å². The third-order valence-corrected chi connectivity index (χ3v) is 18.5. The third-order valence-electron chi connectivity index (χ3n) is 18.5. The minimum atomic E-state index is -0.279. The van der Waals surface area contributed by atoms with Crippen molar-refractivity contribution in [3.8, 4) is 55.9 Å². The summed E-state index contributed by atoms with van der Waals surface area (Å²) >= 11 is 0. The maximum Gasteiger partial charge on any atom is 0.143 e. The van der Waals surface area contributed by atoms with Crippen LogP contribution in [0.2, 0.25) is 0 Å². The van der Waals surface area contributed by atoms with Crippen LogP contribution in [0.4, 0.5) is 17.1 Å². The van der Waals surface area contributed by atoms with Crippen LogP contribution >= 0.6 is 0 Å². The van der Waals surface area contributed by atoms with Crippen molar-refractivity contribution in [3.05, 3.63) is 283 Å². The van der Waals surface area contributed by atoms with E-state index in [-0.39, 0.29) is 10.8 Å². The predicted molar refractivity (Wildman–Crippen MR) is 343 cm³/mol. The van der Waals surface area contributed by atoms with Crippen LogP contribution in [0.25, 0.3) is 121 Å². The predicted octanol–water partition coefficient (Wildman–Crippen LogP) is 21.2. The number of fused-ring (bicyclic) bond motifs is 15. The van der Waals surface area contributed by atoms with Crippen molar-refractivity contribution >= 4 is 82.6 Å². The molecule has 0 spiro atoms. The van der Waals surface area contributed by atoms with Gasteiger partial charge in [0.05, 0.1) is 22.1 Å². The fraction of sp³-hybridized carbons (Fsp3) is 0.0769. The van der Waals surface area contributed by atoms with Crippen LogP contribution in [0.5, 0.6) is 0 Å². The summed E-state index contributed by atoms with van der Waals surface area (Å²) in [6.07, 6.45) is 0. The molecule has 2 aliphatic rings. The van der Waals surface area contributed by atoms with Crippen LogP contribution in [0.1, 0.15) is 49.9 Å². The fourth-order valence-electron chi connectivity index (χ4n) is 14.5. The van der Waals surface area contributed by atoms with Gasteiger partial charge in [-0.25, -0.2) is 0 Å². The van der Waals surface area contributed by atoms with Gasteiger partial charge >= 0.3 is 0 Å². The van der Waals surface area contributed by atoms with Gasteiger partial charge in [-0.2, -0.15) is 0 Å². The number of hydrogen-bond acceptors (Lipinski definition) is 2. The maximum absolute atomic E-state index is 6.57. The molecule has 0 bridgehead atoms. The van der Waals surface area contributed by atoms with Gasteiger partial charge in [0.2, 0.25) is 0 Å². The van der Waals surface area contributed by atoms with E-state index in [9.17, 15) is 0 Å². The van der Waals surface area contributed by atoms with E-state index >= 15 is 0 Å². The fourth-order valence-corrected chi connectivity index (χ4v) is 14.5. The second kappa shape index (κ2) is 17.2. The second-order valence-corrected chi connectivity index (χ2v) is 23.7. The van der Waals surface area contributed by atoms with E-state index in [1.54, 1.807) is 0 Å². The Morgan fingerprint density at radius 2 is 0.744 bits per heavy atom. The van der Waals surface area contributed by atoms with E-state index in [0.29, 0.717) is 0 Å². The topological polar surface area (TPSA) is 26.2 Å². The largest absolute Gasteiger partial charge is 0.455 e. The van der Waals surface area contributed by atoms with Crippen LogP contribution in [-0.2, 0) is 10.8 Å². The average Bonchev–Trinajstić information content (AvgIpc) is 3.71. The minimum Gasteiger partial charge on any atom is -0.455 e. The van der Waals surface area contributed by atoms with Crippen molar-refractivity contribution in [2.24, 2.45) is 0 Å². The Hall–Kier alpha value is -10.2. The molecule has 0 N–H and O–H groups in total. The molecule has 15 aromatic rings. The Bertz CT molecular complexity index is 5110. The van der Waals surface area contributed by atoms with Gasteiger partial charge in [-0.05, 0) is 164 Å². The van der Waals surface area contributed by atoms with E-state index in [2.05, 4.69) is 297 Å². The first-order valence-corrected chi connectivity index (χ1v) is 28.6. The third kappa shape index (κ3) is 6.66. The Morgan fingerprint density at radius 1 is 0.293 bits per heavy atom. The molecule has 0 amide bonds. The molecule has 82 heavy (non-hydrogen) atoms. The number of benzene rings is 12. The smallest absolute Gasteiger partial charge is 0.143 e. The SMILES string of the molecule is CC1(C)c2cc(-c3ccc4c(c3)c3ccccc3n4-c3ccccc3)ccc2-c2ccc(N(c3ccc(-c4cccc5c4oc4ccccc45)cc3)c3ccc4c(c3)C(C)(C)c3cc(-n5c6ccccc6c6ccccc65)ccc3-4)cc21. The summed E-state index contributed by atoms with van der Waals surface area (Å²) in [4.78, 5) is 2.47. The molecule has 0 saturated carbocycles. The molecule has 0 radical (unpaired) electrons. The number of nitrogens with zero attached hydrogens (tertiary/aromatic N) is 3. The van der Waals surface area contributed by atoms with Crippen molar-refractivity contribution in [3.63, 3.8) is 0 Å². The minimum absolute atomic E-state index is 0.277. The number of hydrogen-bond donors (Lipinski definition) is 0. The van der Waals surface area contributed by atoms with Crippen molar-refractivity contribution in [2.45, 2.75) is 38.5 Å². The Kier molecular flexibility index (Phi) is 9.79. The van der Waals surface area contributed by atoms with E-state index in [4.69, 9.17) is 4.42 Å². The molecule has 17 rings (SSSR count). The summed E-state index contributed by atoms with van der Waals surface area (Å²) in [6.45, 7) is 9.61. The summed E-state index contributed by atoms with van der Waals surface area (Å²) in [5.74, 6) is 0. The van der Waals surface area contributed by atoms with Gasteiger partial charge in [0.1, 0.15) is 11.2 Å². The highest BCUT2D eigenvalue weighted by Gasteiger charge is 2.39. The molecule has 0 aliphatic heterocycles. The van der Waals surface area contributed by atoms with Crippen LogP contribution in [0.15, 0.2) is 265 Å². The van der Waals surface area contributed by atoms with E-state index in [0.717, 1.165) is 50.1 Å². The van der Waals surface area contributed by atoms with Gasteiger partial charge in [-0.15, -0.1) is 0 Å². The van der Waals surface area contributed by atoms with Crippen molar-refractivity contribution in [2.75, 3.05) is 4.90 Å². The number of anilines is 3. The molecule has 4 heteroatoms. The van der Waals surface area contributed by atoms with E-state index in [1.807, 2.05) is 6.07 Å². The molecule has 0 unspecified atom stereocenters. The monoisotopic (exact) mass is 1050 g/mol. The summed E-state index contributed by atoms with van der Waals surface area (Å²) in [5.41, 5.74) is 26.9. The van der Waals surface area contributed by atoms with Crippen LogP contribution in [0.3, 0.4) is 0 Å². The van der Waals surface area contributed by atoms with E-state index in [1.165, 1.54) is 111 Å². The summed E-state index contributed by atoms with van der Waals surface area (Å²) in [6, 6.07) is 96.6. The summed E-state index contributed by atoms with van der Waals surface area (Å²) in [5, 5.41) is 7.32. The van der Waals surface area contributed by atoms with Crippen molar-refractivity contribution in [1.29, 1.82) is 0 Å². The summed E-state index contributed by atoms with van der Waals surface area (Å²) < 4.78 is 11.4. The standard InChI is InChI=1S/C78H55N3O/c1-77(2)67-44-50(49-32-42-74-66(43-49)63-21-10-14-27-73(63)80(74)51-17-6-5-7-18-51)31-38-57(67)58-39-35-53(45-68(58)77)79(52-33-29-48(30-34-52)56-23-16-24-65-64-22-11-15-28-75(64)82-76(56)65)54-36-40-59-60-41-37-55(47-70(60)78(3,4)69(59)46-54)81-71-25-12-8-19-61(71)62-20-9-13-26-72(62)81/h5-47H,1-4H3. The van der Waals surface area contributed by atoms with Gasteiger partial charge in [-0.1, -0.05) is 185 Å². The van der Waals surface area contributed by atoms with E-state index < -0.39 is 0 Å². The maximum atomic E-state index is 6.57. The number of para-hydroxylation sites is 6. The molecule has 2 aliphatic carbocycles. The Balaban J connectivity index is 0.776. The van der Waals surface area contributed by atoms with Crippen molar-refractivity contribution in [1.82, 2.24) is 9.13 Å². The lowest BCUT2D eigenvalue weighted by atomic mass is 9.81. The number of furan rings is 1. The zero-order valence-electron chi connectivity index (χ0n) is 46.1. The molecular weight excluding hydrogens is 995 g/mol. The molecular formula is C78H55N3O. The van der Waals surface area contributed by atoms with Crippen LogP contribution < -0.4 is 4.90 Å². The van der Waals surface area contributed by atoms with Gasteiger partial charge < -0.3 is 18.5 Å². The molecule has 0 fully saturated rings. The van der Waals surface area contributed by atoms with Crippen LogP contribution in [0, 0.1) is 0 Å². The molecule has 12 aromatic carbocycles. The van der Waals surface area contributed by atoms with Crippen molar-refractivity contribution < 1.29 is 4.42 Å². The lowest BCUT2D eigenvalue weighted by Gasteiger charge is -2.30. The zero-order chi connectivity index (χ0) is 54.6. The lowest BCUT2D eigenvalue weighted by molar-refractivity contribution is 0.659. The molecule has 3 heterocycles. The lowest BCUT2D eigenvalue weighted by Crippen LogP contribution is -2.18. The highest BCUT2D eigenvalue weighted by atomic mass is 16.3. The highest BCUT2D eigenvalue weighted by molar-refractivity contribution is 6.12. The van der Waals surface area contributed by atoms with Gasteiger partial charge in [0, 0.05) is 77.1 Å². The second-order valence-electron chi connectivity index (χ2n) is 23.7. The first-order valence-electron chi connectivity index (χ1n) is 28.6.